The van der Waals surface area contributed by atoms with Gasteiger partial charge in [-0.25, -0.2) is 4.98 Å². The van der Waals surface area contributed by atoms with Gasteiger partial charge in [-0.05, 0) is 24.6 Å². The van der Waals surface area contributed by atoms with Crippen molar-refractivity contribution >= 4 is 11.0 Å². The summed E-state index contributed by atoms with van der Waals surface area (Å²) in [5.41, 5.74) is 2.16. The third kappa shape index (κ3) is 1.24. The minimum atomic E-state index is 0. The second kappa shape index (κ2) is 2.74. The Balaban J connectivity index is 0.000000605. The second-order valence-electron chi connectivity index (χ2n) is 2.43. The molecule has 0 saturated carbocycles. The number of fused-ring (bicyclic) bond motifs is 1. The molecule has 2 rings (SSSR count). The number of pyridine rings is 1. The molecule has 0 aliphatic carbocycles. The lowest BCUT2D eigenvalue weighted by molar-refractivity contribution is 1.29. The van der Waals surface area contributed by atoms with Crippen molar-refractivity contribution in [3.05, 3.63) is 30.1 Å². The monoisotopic (exact) mass is 148 g/mol. The van der Waals surface area contributed by atoms with Crippen LogP contribution in [0.5, 0.6) is 0 Å². The van der Waals surface area contributed by atoms with Gasteiger partial charge in [0.25, 0.3) is 0 Å². The molecular weight excluding hydrogens is 136 g/mol. The van der Waals surface area contributed by atoms with Crippen LogP contribution in [0, 0.1) is 6.92 Å². The maximum atomic E-state index is 4.19. The summed E-state index contributed by atoms with van der Waals surface area (Å²) in [4.78, 5) is 7.22. The van der Waals surface area contributed by atoms with E-state index in [1.165, 1.54) is 10.9 Å². The Bertz CT molecular complexity index is 349. The largest absolute Gasteiger partial charge is 0.346 e. The first kappa shape index (κ1) is 7.79. The van der Waals surface area contributed by atoms with Crippen LogP contribution in [0.25, 0.3) is 11.0 Å². The summed E-state index contributed by atoms with van der Waals surface area (Å²) in [5.74, 6) is 0. The quantitative estimate of drug-likeness (QED) is 0.611. The Morgan fingerprint density at radius 3 is 3.09 bits per heavy atom. The van der Waals surface area contributed by atoms with E-state index >= 15 is 0 Å². The van der Waals surface area contributed by atoms with Crippen LogP contribution in [0.1, 0.15) is 13.0 Å². The van der Waals surface area contributed by atoms with Crippen molar-refractivity contribution in [2.24, 2.45) is 0 Å². The van der Waals surface area contributed by atoms with Gasteiger partial charge in [-0.1, -0.05) is 7.43 Å². The molecule has 0 atom stereocenters. The van der Waals surface area contributed by atoms with E-state index in [-0.39, 0.29) is 7.43 Å². The number of aromatic nitrogens is 2. The summed E-state index contributed by atoms with van der Waals surface area (Å²) >= 11 is 0. The lowest BCUT2D eigenvalue weighted by Gasteiger charge is -1.89. The van der Waals surface area contributed by atoms with E-state index in [2.05, 4.69) is 16.0 Å². The van der Waals surface area contributed by atoms with Crippen molar-refractivity contribution in [1.29, 1.82) is 0 Å². The predicted octanol–water partition coefficient (Wildman–Crippen LogP) is 2.51. The average molecular weight is 148 g/mol. The fraction of sp³-hybridized carbons (Fsp3) is 0.222. The van der Waals surface area contributed by atoms with Gasteiger partial charge >= 0.3 is 0 Å². The summed E-state index contributed by atoms with van der Waals surface area (Å²) in [6, 6.07) is 4.13. The Labute approximate surface area is 66.3 Å². The van der Waals surface area contributed by atoms with Gasteiger partial charge in [0.05, 0.1) is 0 Å². The molecule has 0 unspecified atom stereocenters. The molecule has 2 heteroatoms. The zero-order valence-corrected chi connectivity index (χ0v) is 5.76. The molecule has 0 spiro atoms. The molecule has 2 aromatic rings. The molecule has 0 aliphatic rings. The van der Waals surface area contributed by atoms with E-state index in [1.807, 2.05) is 25.4 Å². The maximum Gasteiger partial charge on any atom is 0.137 e. The molecular formula is C9H12N2. The van der Waals surface area contributed by atoms with E-state index in [1.54, 1.807) is 0 Å². The molecule has 0 saturated heterocycles. The van der Waals surface area contributed by atoms with Crippen LogP contribution in [-0.4, -0.2) is 9.97 Å². The van der Waals surface area contributed by atoms with Gasteiger partial charge in [0.1, 0.15) is 5.65 Å². The average Bonchev–Trinajstić information content (AvgIpc) is 2.33. The predicted molar refractivity (Wildman–Crippen MR) is 47.6 cm³/mol. The first-order valence-electron chi connectivity index (χ1n) is 3.26. The molecule has 0 radical (unpaired) electrons. The molecule has 0 aliphatic heterocycles. The van der Waals surface area contributed by atoms with Crippen molar-refractivity contribution in [3.8, 4) is 0 Å². The molecule has 1 N–H and O–H groups in total. The third-order valence-electron chi connectivity index (χ3n) is 1.54. The van der Waals surface area contributed by atoms with Gasteiger partial charge in [-0.2, -0.15) is 0 Å². The fourth-order valence-corrected chi connectivity index (χ4v) is 1.05. The topological polar surface area (TPSA) is 28.7 Å². The second-order valence-corrected chi connectivity index (χ2v) is 2.43. The molecule has 0 bridgehead atoms. The Kier molecular flexibility index (Phi) is 1.94. The highest BCUT2D eigenvalue weighted by Crippen LogP contribution is 2.09. The van der Waals surface area contributed by atoms with Gasteiger partial charge in [-0.3, -0.25) is 0 Å². The van der Waals surface area contributed by atoms with E-state index in [4.69, 9.17) is 0 Å². The van der Waals surface area contributed by atoms with Crippen LogP contribution in [-0.2, 0) is 0 Å². The summed E-state index contributed by atoms with van der Waals surface area (Å²) in [6.45, 7) is 2.04. The van der Waals surface area contributed by atoms with Crippen LogP contribution in [0.4, 0.5) is 0 Å². The molecule has 2 heterocycles. The first-order valence-corrected chi connectivity index (χ1v) is 3.26. The van der Waals surface area contributed by atoms with E-state index in [0.717, 1.165) is 5.65 Å². The zero-order valence-electron chi connectivity index (χ0n) is 5.76. The summed E-state index contributed by atoms with van der Waals surface area (Å²) in [7, 11) is 0. The summed E-state index contributed by atoms with van der Waals surface area (Å²) < 4.78 is 0. The molecule has 2 aromatic heterocycles. The van der Waals surface area contributed by atoms with Crippen LogP contribution in [0.15, 0.2) is 24.5 Å². The highest BCUT2D eigenvalue weighted by Gasteiger charge is 1.92. The number of rotatable bonds is 0. The standard InChI is InChI=1S/C8H8N2.CH4/c1-6-4-7-2-3-9-8(7)10-5-6;/h2-5H,1H3,(H,9,10);1H4. The first-order chi connectivity index (χ1) is 4.86. The van der Waals surface area contributed by atoms with Crippen LogP contribution in [0.3, 0.4) is 0 Å². The zero-order chi connectivity index (χ0) is 6.97. The number of nitrogens with zero attached hydrogens (tertiary/aromatic N) is 1. The van der Waals surface area contributed by atoms with Gasteiger partial charge in [0.2, 0.25) is 0 Å². The minimum absolute atomic E-state index is 0. The number of hydrogen-bond donors (Lipinski definition) is 1. The summed E-state index contributed by atoms with van der Waals surface area (Å²) in [5, 5.41) is 1.18. The van der Waals surface area contributed by atoms with Crippen molar-refractivity contribution in [3.63, 3.8) is 0 Å². The van der Waals surface area contributed by atoms with E-state index < -0.39 is 0 Å². The number of aryl methyl sites for hydroxylation is 1. The number of H-pyrrole nitrogens is 1. The Morgan fingerprint density at radius 2 is 2.27 bits per heavy atom. The Morgan fingerprint density at radius 1 is 1.45 bits per heavy atom. The normalized spacial score (nSPS) is 9.55. The van der Waals surface area contributed by atoms with Crippen molar-refractivity contribution in [1.82, 2.24) is 9.97 Å². The van der Waals surface area contributed by atoms with Gasteiger partial charge in [0.15, 0.2) is 0 Å². The molecule has 0 fully saturated rings. The Hall–Kier alpha value is -1.31. The van der Waals surface area contributed by atoms with Crippen molar-refractivity contribution in [2.45, 2.75) is 14.4 Å². The van der Waals surface area contributed by atoms with Gasteiger partial charge in [0, 0.05) is 17.8 Å². The van der Waals surface area contributed by atoms with Gasteiger partial charge in [-0.15, -0.1) is 0 Å². The molecule has 0 aromatic carbocycles. The lowest BCUT2D eigenvalue weighted by Crippen LogP contribution is -1.76. The fourth-order valence-electron chi connectivity index (χ4n) is 1.05. The molecule has 11 heavy (non-hydrogen) atoms. The number of nitrogens with one attached hydrogen (secondary N) is 1. The van der Waals surface area contributed by atoms with E-state index in [0.29, 0.717) is 0 Å². The third-order valence-corrected chi connectivity index (χ3v) is 1.54. The maximum absolute atomic E-state index is 4.19. The minimum Gasteiger partial charge on any atom is -0.346 e. The van der Waals surface area contributed by atoms with Crippen LogP contribution >= 0.6 is 0 Å². The SMILES string of the molecule is C.Cc1cnc2[nH]ccc2c1. The highest BCUT2D eigenvalue weighted by molar-refractivity contribution is 5.75. The van der Waals surface area contributed by atoms with Crippen LogP contribution < -0.4 is 0 Å². The molecule has 0 amide bonds. The summed E-state index contributed by atoms with van der Waals surface area (Å²) in [6.07, 6.45) is 3.76. The highest BCUT2D eigenvalue weighted by atomic mass is 14.8. The molecule has 2 nitrogen and oxygen atoms in total. The number of aromatic amines is 1. The van der Waals surface area contributed by atoms with Crippen LogP contribution in [0.2, 0.25) is 0 Å². The van der Waals surface area contributed by atoms with E-state index in [9.17, 15) is 0 Å². The smallest absolute Gasteiger partial charge is 0.137 e. The lowest BCUT2D eigenvalue weighted by atomic mass is 10.2. The van der Waals surface area contributed by atoms with Gasteiger partial charge < -0.3 is 4.98 Å². The van der Waals surface area contributed by atoms with Crippen molar-refractivity contribution in [2.75, 3.05) is 0 Å². The van der Waals surface area contributed by atoms with Crippen molar-refractivity contribution < 1.29 is 0 Å². The molecule has 58 valence electrons. The number of hydrogen-bond acceptors (Lipinski definition) is 1.